The molecule has 0 fully saturated rings. The molecule has 0 aliphatic carbocycles. The van der Waals surface area contributed by atoms with Crippen molar-refractivity contribution in [2.75, 3.05) is 0 Å². The van der Waals surface area contributed by atoms with E-state index in [1.807, 2.05) is 20.8 Å². The number of hydrogen-bond donors (Lipinski definition) is 0. The van der Waals surface area contributed by atoms with Crippen molar-refractivity contribution < 1.29 is 9.53 Å². The van der Waals surface area contributed by atoms with Gasteiger partial charge in [-0.2, -0.15) is 0 Å². The lowest BCUT2D eigenvalue weighted by molar-refractivity contribution is -0.142. The number of carbonyl (C=O) groups is 1. The van der Waals surface area contributed by atoms with Crippen molar-refractivity contribution in [2.24, 2.45) is 0 Å². The second kappa shape index (κ2) is 4.94. The largest absolute Gasteiger partial charge is 0.460 e. The highest BCUT2D eigenvalue weighted by atomic mass is 16.5. The summed E-state index contributed by atoms with van der Waals surface area (Å²) in [6.07, 6.45) is 1.62. The summed E-state index contributed by atoms with van der Waals surface area (Å²) in [7, 11) is 0. The average molecular weight is 156 g/mol. The van der Waals surface area contributed by atoms with Gasteiger partial charge in [0.1, 0.15) is 0 Å². The molecule has 2 heteroatoms. The van der Waals surface area contributed by atoms with Crippen LogP contribution in [0.3, 0.4) is 0 Å². The van der Waals surface area contributed by atoms with Crippen LogP contribution in [-0.4, -0.2) is 12.1 Å². The van der Waals surface area contributed by atoms with Crippen LogP contribution in [0.1, 0.15) is 33.6 Å². The fourth-order valence-electron chi connectivity index (χ4n) is 0.701. The van der Waals surface area contributed by atoms with E-state index in [2.05, 4.69) is 6.58 Å². The van der Waals surface area contributed by atoms with Gasteiger partial charge < -0.3 is 4.74 Å². The zero-order valence-electron chi connectivity index (χ0n) is 7.52. The van der Waals surface area contributed by atoms with Gasteiger partial charge in [0.2, 0.25) is 0 Å². The molecule has 64 valence electrons. The van der Waals surface area contributed by atoms with E-state index in [0.717, 1.165) is 12.8 Å². The Morgan fingerprint density at radius 2 is 2.09 bits per heavy atom. The molecule has 0 atom stereocenters. The predicted octanol–water partition coefficient (Wildman–Crippen LogP) is 2.29. The molecule has 0 saturated heterocycles. The van der Waals surface area contributed by atoms with Gasteiger partial charge in [-0.1, -0.05) is 19.9 Å². The summed E-state index contributed by atoms with van der Waals surface area (Å²) in [6.45, 7) is 9.29. The molecule has 0 rings (SSSR count). The topological polar surface area (TPSA) is 26.3 Å². The fraction of sp³-hybridized carbons (Fsp3) is 0.667. The molecule has 0 saturated carbocycles. The van der Waals surface area contributed by atoms with Gasteiger partial charge in [-0.3, -0.25) is 0 Å². The number of ether oxygens (including phenoxy) is 1. The smallest absolute Gasteiger partial charge is 0.333 e. The predicted molar refractivity (Wildman–Crippen MR) is 45.3 cm³/mol. The van der Waals surface area contributed by atoms with Crippen molar-refractivity contribution in [3.63, 3.8) is 0 Å². The Balaban J connectivity index is 3.74. The fourth-order valence-corrected chi connectivity index (χ4v) is 0.701. The molecular formula is C9H16O2. The Labute approximate surface area is 68.2 Å². The van der Waals surface area contributed by atoms with Crippen LogP contribution in [0.4, 0.5) is 0 Å². The average Bonchev–Trinajstić information content (AvgIpc) is 1.86. The van der Waals surface area contributed by atoms with Gasteiger partial charge in [0.25, 0.3) is 0 Å². The summed E-state index contributed by atoms with van der Waals surface area (Å²) >= 11 is 0. The van der Waals surface area contributed by atoms with Gasteiger partial charge in [-0.15, -0.1) is 0 Å². The molecule has 0 unspecified atom stereocenters. The molecule has 0 aromatic heterocycles. The lowest BCUT2D eigenvalue weighted by Gasteiger charge is -2.08. The van der Waals surface area contributed by atoms with Gasteiger partial charge >= 0.3 is 5.97 Å². The third-order valence-electron chi connectivity index (χ3n) is 1.18. The van der Waals surface area contributed by atoms with Crippen molar-refractivity contribution in [3.05, 3.63) is 12.2 Å². The molecule has 0 amide bonds. The number of hydrogen-bond acceptors (Lipinski definition) is 2. The maximum atomic E-state index is 11.0. The zero-order chi connectivity index (χ0) is 8.85. The molecule has 0 bridgehead atoms. The van der Waals surface area contributed by atoms with Gasteiger partial charge in [0, 0.05) is 5.57 Å². The highest BCUT2D eigenvalue weighted by molar-refractivity contribution is 5.87. The number of esters is 1. The van der Waals surface area contributed by atoms with Crippen LogP contribution >= 0.6 is 0 Å². The van der Waals surface area contributed by atoms with Crippen LogP contribution < -0.4 is 0 Å². The molecule has 2 nitrogen and oxygen atoms in total. The maximum Gasteiger partial charge on any atom is 0.333 e. The molecule has 0 aliphatic heterocycles. The highest BCUT2D eigenvalue weighted by Gasteiger charge is 2.08. The van der Waals surface area contributed by atoms with Crippen LogP contribution in [0, 0.1) is 0 Å². The lowest BCUT2D eigenvalue weighted by atomic mass is 10.2. The Hall–Kier alpha value is -0.790. The van der Waals surface area contributed by atoms with E-state index in [1.54, 1.807) is 0 Å². The first kappa shape index (κ1) is 10.2. The minimum absolute atomic E-state index is 0.0453. The second-order valence-corrected chi connectivity index (χ2v) is 2.81. The van der Waals surface area contributed by atoms with Crippen LogP contribution in [0.2, 0.25) is 0 Å². The minimum Gasteiger partial charge on any atom is -0.460 e. The lowest BCUT2D eigenvalue weighted by Crippen LogP contribution is -2.12. The number of carbonyl (C=O) groups excluding carboxylic acids is 1. The Bertz CT molecular complexity index is 148. The summed E-state index contributed by atoms with van der Waals surface area (Å²) in [4.78, 5) is 11.0. The van der Waals surface area contributed by atoms with Crippen LogP contribution in [0.5, 0.6) is 0 Å². The van der Waals surface area contributed by atoms with Crippen molar-refractivity contribution >= 4 is 5.97 Å². The van der Waals surface area contributed by atoms with Crippen molar-refractivity contribution in [2.45, 2.75) is 39.7 Å². The molecule has 11 heavy (non-hydrogen) atoms. The van der Waals surface area contributed by atoms with E-state index in [9.17, 15) is 4.79 Å². The van der Waals surface area contributed by atoms with Crippen LogP contribution in [0.25, 0.3) is 0 Å². The van der Waals surface area contributed by atoms with Crippen LogP contribution in [0.15, 0.2) is 12.2 Å². The summed E-state index contributed by atoms with van der Waals surface area (Å²) in [6, 6.07) is 0. The standard InChI is InChI=1S/C9H16O2/c1-5-6-8(4)9(10)11-7(2)3/h7H,4-6H2,1-3H3. The van der Waals surface area contributed by atoms with Crippen molar-refractivity contribution in [1.29, 1.82) is 0 Å². The SMILES string of the molecule is C=C(CCC)C(=O)OC(C)C. The molecular weight excluding hydrogens is 140 g/mol. The molecule has 0 N–H and O–H groups in total. The second-order valence-electron chi connectivity index (χ2n) is 2.81. The molecule has 0 spiro atoms. The first-order valence-electron chi connectivity index (χ1n) is 3.96. The Morgan fingerprint density at radius 1 is 1.55 bits per heavy atom. The van der Waals surface area contributed by atoms with Crippen LogP contribution in [-0.2, 0) is 9.53 Å². The quantitative estimate of drug-likeness (QED) is 0.461. The van der Waals surface area contributed by atoms with Gasteiger partial charge in [-0.05, 0) is 20.3 Å². The van der Waals surface area contributed by atoms with Gasteiger partial charge in [-0.25, -0.2) is 4.79 Å². The minimum atomic E-state index is -0.262. The van der Waals surface area contributed by atoms with Crippen molar-refractivity contribution in [1.82, 2.24) is 0 Å². The zero-order valence-corrected chi connectivity index (χ0v) is 7.52. The van der Waals surface area contributed by atoms with E-state index in [0.29, 0.717) is 5.57 Å². The van der Waals surface area contributed by atoms with Crippen molar-refractivity contribution in [3.8, 4) is 0 Å². The summed E-state index contributed by atoms with van der Waals surface area (Å²) in [5.41, 5.74) is 0.571. The highest BCUT2D eigenvalue weighted by Crippen LogP contribution is 2.05. The van der Waals surface area contributed by atoms with Gasteiger partial charge in [0.15, 0.2) is 0 Å². The van der Waals surface area contributed by atoms with E-state index < -0.39 is 0 Å². The molecule has 0 radical (unpaired) electrons. The third kappa shape index (κ3) is 4.59. The third-order valence-corrected chi connectivity index (χ3v) is 1.18. The maximum absolute atomic E-state index is 11.0. The summed E-state index contributed by atoms with van der Waals surface area (Å²) < 4.78 is 4.93. The van der Waals surface area contributed by atoms with E-state index >= 15 is 0 Å². The Kier molecular flexibility index (Phi) is 4.59. The molecule has 0 aliphatic rings. The normalized spacial score (nSPS) is 9.82. The first-order chi connectivity index (χ1) is 5.07. The number of rotatable bonds is 4. The monoisotopic (exact) mass is 156 g/mol. The molecule has 0 aromatic rings. The van der Waals surface area contributed by atoms with E-state index in [4.69, 9.17) is 4.74 Å². The summed E-state index contributed by atoms with van der Waals surface area (Å²) in [5.74, 6) is -0.262. The van der Waals surface area contributed by atoms with E-state index in [1.165, 1.54) is 0 Å². The van der Waals surface area contributed by atoms with Gasteiger partial charge in [0.05, 0.1) is 6.10 Å². The first-order valence-corrected chi connectivity index (χ1v) is 3.96. The Morgan fingerprint density at radius 3 is 2.45 bits per heavy atom. The molecule has 0 aromatic carbocycles. The van der Waals surface area contributed by atoms with E-state index in [-0.39, 0.29) is 12.1 Å². The molecule has 0 heterocycles. The summed E-state index contributed by atoms with van der Waals surface area (Å²) in [5, 5.41) is 0.